The molecule has 1 rings (SSSR count). The van der Waals surface area contributed by atoms with Crippen LogP contribution >= 0.6 is 12.4 Å². The average Bonchev–Trinajstić information content (AvgIpc) is 2.26. The zero-order valence-corrected chi connectivity index (χ0v) is 10.1. The van der Waals surface area contributed by atoms with E-state index in [4.69, 9.17) is 16.2 Å². The summed E-state index contributed by atoms with van der Waals surface area (Å²) in [5.41, 5.74) is 11.7. The number of methoxy groups -OCH3 is 1. The Morgan fingerprint density at radius 1 is 1.44 bits per heavy atom. The van der Waals surface area contributed by atoms with E-state index < -0.39 is 0 Å². The summed E-state index contributed by atoms with van der Waals surface area (Å²) in [6, 6.07) is 4.68. The number of nitrogens with two attached hydrogens (primary N) is 2. The van der Waals surface area contributed by atoms with Gasteiger partial charge in [-0.05, 0) is 25.5 Å². The van der Waals surface area contributed by atoms with Crippen molar-refractivity contribution in [1.29, 1.82) is 0 Å². The van der Waals surface area contributed by atoms with E-state index in [0.29, 0.717) is 18.5 Å². The highest BCUT2D eigenvalue weighted by molar-refractivity contribution is 5.85. The van der Waals surface area contributed by atoms with Gasteiger partial charge < -0.3 is 16.2 Å². The van der Waals surface area contributed by atoms with Crippen LogP contribution in [0.5, 0.6) is 5.75 Å². The highest BCUT2D eigenvalue weighted by atomic mass is 35.5. The molecule has 0 saturated heterocycles. The number of hydrogen-bond donors (Lipinski definition) is 2. The second kappa shape index (κ2) is 7.44. The van der Waals surface area contributed by atoms with Crippen LogP contribution in [0.4, 0.5) is 4.39 Å². The number of hydrogen-bond acceptors (Lipinski definition) is 3. The molecule has 0 amide bonds. The van der Waals surface area contributed by atoms with Gasteiger partial charge in [0.15, 0.2) is 11.6 Å². The molecule has 4 N–H and O–H groups in total. The molecule has 0 aliphatic heterocycles. The van der Waals surface area contributed by atoms with Gasteiger partial charge >= 0.3 is 0 Å². The lowest BCUT2D eigenvalue weighted by Crippen LogP contribution is -2.14. The molecule has 0 aliphatic carbocycles. The quantitative estimate of drug-likeness (QED) is 0.838. The van der Waals surface area contributed by atoms with Crippen molar-refractivity contribution in [2.24, 2.45) is 11.5 Å². The third kappa shape index (κ3) is 3.63. The molecule has 5 heteroatoms. The lowest BCUT2D eigenvalue weighted by atomic mass is 10.0. The Morgan fingerprint density at radius 3 is 2.69 bits per heavy atom. The molecule has 0 spiro atoms. The molecule has 16 heavy (non-hydrogen) atoms. The summed E-state index contributed by atoms with van der Waals surface area (Å²) in [6.45, 7) is 0.569. The van der Waals surface area contributed by atoms with E-state index in [9.17, 15) is 4.39 Å². The molecule has 3 nitrogen and oxygen atoms in total. The largest absolute Gasteiger partial charge is 0.494 e. The third-order valence-electron chi connectivity index (χ3n) is 2.33. The fourth-order valence-corrected chi connectivity index (χ4v) is 1.47. The van der Waals surface area contributed by atoms with Crippen LogP contribution in [0.25, 0.3) is 0 Å². The van der Waals surface area contributed by atoms with Gasteiger partial charge in [0.05, 0.1) is 7.11 Å². The Kier molecular flexibility index (Phi) is 7.05. The zero-order chi connectivity index (χ0) is 11.3. The van der Waals surface area contributed by atoms with E-state index in [2.05, 4.69) is 0 Å². The molecular formula is C11H18ClFN2O. The minimum absolute atomic E-state index is 0. The maximum atomic E-state index is 13.7. The number of halogens is 2. The Balaban J connectivity index is 0.00000225. The van der Waals surface area contributed by atoms with Gasteiger partial charge in [-0.25, -0.2) is 4.39 Å². The predicted molar refractivity (Wildman–Crippen MR) is 65.4 cm³/mol. The van der Waals surface area contributed by atoms with Crippen molar-refractivity contribution < 1.29 is 9.13 Å². The molecule has 1 aromatic carbocycles. The van der Waals surface area contributed by atoms with Crippen LogP contribution in [0.15, 0.2) is 18.2 Å². The van der Waals surface area contributed by atoms with Gasteiger partial charge in [0, 0.05) is 11.6 Å². The number of rotatable bonds is 5. The van der Waals surface area contributed by atoms with Crippen LogP contribution in [0.2, 0.25) is 0 Å². The molecule has 0 aliphatic rings. The molecule has 1 aromatic rings. The minimum atomic E-state index is -0.371. The Hall–Kier alpha value is -0.840. The topological polar surface area (TPSA) is 61.3 Å². The first-order chi connectivity index (χ1) is 7.20. The lowest BCUT2D eigenvalue weighted by Gasteiger charge is -2.13. The summed E-state index contributed by atoms with van der Waals surface area (Å²) in [5.74, 6) is -0.139. The molecule has 0 fully saturated rings. The smallest absolute Gasteiger partial charge is 0.169 e. The van der Waals surface area contributed by atoms with Gasteiger partial charge in [-0.2, -0.15) is 0 Å². The van der Waals surface area contributed by atoms with Crippen molar-refractivity contribution in [2.75, 3.05) is 13.7 Å². The first-order valence-corrected chi connectivity index (χ1v) is 4.98. The predicted octanol–water partition coefficient (Wildman–Crippen LogP) is 1.99. The first-order valence-electron chi connectivity index (χ1n) is 4.98. The van der Waals surface area contributed by atoms with Gasteiger partial charge in [-0.3, -0.25) is 0 Å². The SMILES string of the molecule is COc1cccc([C@H](N)CCCN)c1F.Cl. The highest BCUT2D eigenvalue weighted by Gasteiger charge is 2.14. The van der Waals surface area contributed by atoms with Crippen LogP contribution in [0.1, 0.15) is 24.4 Å². The van der Waals surface area contributed by atoms with Crippen LogP contribution < -0.4 is 16.2 Å². The monoisotopic (exact) mass is 248 g/mol. The fourth-order valence-electron chi connectivity index (χ4n) is 1.47. The summed E-state index contributed by atoms with van der Waals surface area (Å²) in [4.78, 5) is 0. The maximum absolute atomic E-state index is 13.7. The van der Waals surface area contributed by atoms with Crippen molar-refractivity contribution in [2.45, 2.75) is 18.9 Å². The molecular weight excluding hydrogens is 231 g/mol. The van der Waals surface area contributed by atoms with Crippen LogP contribution in [-0.4, -0.2) is 13.7 Å². The summed E-state index contributed by atoms with van der Waals surface area (Å²) < 4.78 is 18.6. The van der Waals surface area contributed by atoms with Crippen molar-refractivity contribution in [3.05, 3.63) is 29.6 Å². The number of benzene rings is 1. The summed E-state index contributed by atoms with van der Waals surface area (Å²) in [7, 11) is 1.44. The van der Waals surface area contributed by atoms with Crippen molar-refractivity contribution in [3.63, 3.8) is 0 Å². The molecule has 0 aromatic heterocycles. The van der Waals surface area contributed by atoms with Crippen molar-refractivity contribution in [1.82, 2.24) is 0 Å². The van der Waals surface area contributed by atoms with E-state index in [1.165, 1.54) is 7.11 Å². The molecule has 92 valence electrons. The second-order valence-electron chi connectivity index (χ2n) is 3.40. The van der Waals surface area contributed by atoms with Crippen LogP contribution in [-0.2, 0) is 0 Å². The van der Waals surface area contributed by atoms with Crippen LogP contribution in [0.3, 0.4) is 0 Å². The molecule has 0 bridgehead atoms. The summed E-state index contributed by atoms with van der Waals surface area (Å²) >= 11 is 0. The van der Waals surface area contributed by atoms with Crippen molar-refractivity contribution >= 4 is 12.4 Å². The molecule has 0 heterocycles. The Bertz CT molecular complexity index is 323. The van der Waals surface area contributed by atoms with Gasteiger partial charge in [0.25, 0.3) is 0 Å². The standard InChI is InChI=1S/C11H17FN2O.ClH/c1-15-10-6-2-4-8(11(10)12)9(14)5-3-7-13;/h2,4,6,9H,3,5,7,13-14H2,1H3;1H/t9-;/m1./s1. The Morgan fingerprint density at radius 2 is 2.12 bits per heavy atom. The summed E-state index contributed by atoms with van der Waals surface area (Å²) in [5, 5.41) is 0. The molecule has 0 saturated carbocycles. The molecule has 0 unspecified atom stereocenters. The molecule has 0 radical (unpaired) electrons. The van der Waals surface area contributed by atoms with E-state index in [-0.39, 0.29) is 30.0 Å². The Labute approximate surface area is 101 Å². The average molecular weight is 249 g/mol. The minimum Gasteiger partial charge on any atom is -0.494 e. The summed E-state index contributed by atoms with van der Waals surface area (Å²) in [6.07, 6.45) is 1.47. The van der Waals surface area contributed by atoms with E-state index in [1.807, 2.05) is 0 Å². The maximum Gasteiger partial charge on any atom is 0.169 e. The fraction of sp³-hybridized carbons (Fsp3) is 0.455. The first kappa shape index (κ1) is 15.2. The highest BCUT2D eigenvalue weighted by Crippen LogP contribution is 2.25. The normalized spacial score (nSPS) is 11.8. The van der Waals surface area contributed by atoms with Gasteiger partial charge in [-0.1, -0.05) is 12.1 Å². The zero-order valence-electron chi connectivity index (χ0n) is 9.28. The van der Waals surface area contributed by atoms with Gasteiger partial charge in [0.2, 0.25) is 0 Å². The van der Waals surface area contributed by atoms with Crippen molar-refractivity contribution in [3.8, 4) is 5.75 Å². The second-order valence-corrected chi connectivity index (χ2v) is 3.40. The lowest BCUT2D eigenvalue weighted by molar-refractivity contribution is 0.381. The van der Waals surface area contributed by atoms with Crippen LogP contribution in [0, 0.1) is 5.82 Å². The molecule has 1 atom stereocenters. The van der Waals surface area contributed by atoms with E-state index in [0.717, 1.165) is 6.42 Å². The van der Waals surface area contributed by atoms with Gasteiger partial charge in [-0.15, -0.1) is 12.4 Å². The third-order valence-corrected chi connectivity index (χ3v) is 2.33. The number of ether oxygens (including phenoxy) is 1. The van der Waals surface area contributed by atoms with E-state index >= 15 is 0 Å². The van der Waals surface area contributed by atoms with Gasteiger partial charge in [0.1, 0.15) is 0 Å². The van der Waals surface area contributed by atoms with E-state index in [1.54, 1.807) is 18.2 Å².